The molecule has 2 aromatic heterocycles. The number of hydrogen-bond donors (Lipinski definition) is 0. The number of hydrogen-bond acceptors (Lipinski definition) is 1. The van der Waals surface area contributed by atoms with Gasteiger partial charge in [0.1, 0.15) is 12.8 Å². The van der Waals surface area contributed by atoms with E-state index >= 15 is 0 Å². The molecule has 3 rings (SSSR count). The molecule has 0 amide bonds. The zero-order valence-electron chi connectivity index (χ0n) is 12.2. The molecule has 3 aromatic rings. The van der Waals surface area contributed by atoms with E-state index in [1.165, 1.54) is 11.1 Å². The van der Waals surface area contributed by atoms with Gasteiger partial charge >= 0.3 is 0 Å². The fourth-order valence-electron chi connectivity index (χ4n) is 2.24. The van der Waals surface area contributed by atoms with Gasteiger partial charge in [0, 0.05) is 36.4 Å². The number of aromatic nitrogens is 2. The highest BCUT2D eigenvalue weighted by atomic mass is 16.5. The van der Waals surface area contributed by atoms with Gasteiger partial charge < -0.3 is 4.74 Å². The lowest BCUT2D eigenvalue weighted by Crippen LogP contribution is -2.29. The molecule has 0 radical (unpaired) electrons. The van der Waals surface area contributed by atoms with Gasteiger partial charge in [0.15, 0.2) is 24.8 Å². The number of pyridine rings is 2. The van der Waals surface area contributed by atoms with Gasteiger partial charge in [-0.05, 0) is 23.3 Å². The van der Waals surface area contributed by atoms with Crippen LogP contribution in [0.15, 0.2) is 73.3 Å². The number of rotatable bonds is 3. The van der Waals surface area contributed by atoms with Crippen LogP contribution in [0, 0.1) is 0 Å². The average Bonchev–Trinajstić information content (AvgIpc) is 2.56. The van der Waals surface area contributed by atoms with Crippen molar-refractivity contribution in [2.24, 2.45) is 7.05 Å². The smallest absolute Gasteiger partial charge is 0.210 e. The number of aryl methyl sites for hydroxylation is 1. The van der Waals surface area contributed by atoms with Crippen molar-refractivity contribution in [3.63, 3.8) is 0 Å². The second-order valence-corrected chi connectivity index (χ2v) is 4.94. The first-order valence-electron chi connectivity index (χ1n) is 6.88. The van der Waals surface area contributed by atoms with E-state index < -0.39 is 0 Å². The largest absolute Gasteiger partial charge is 0.497 e. The second-order valence-electron chi connectivity index (χ2n) is 4.94. The highest BCUT2D eigenvalue weighted by Gasteiger charge is 2.07. The number of ether oxygens (including phenoxy) is 1. The Kier molecular flexibility index (Phi) is 3.65. The normalized spacial score (nSPS) is 10.4. The SMILES string of the molecule is COc1ccc(-[n+]2ccc(-c3cc[n+](C)cc3)cc2)cc1. The predicted molar refractivity (Wildman–Crippen MR) is 81.1 cm³/mol. The standard InChI is InChI=1S/C18H18N2O/c1-19-11-7-15(8-12-19)16-9-13-20(14-10-16)17-3-5-18(21-2)6-4-17/h3-14H,1-2H3/q+2. The van der Waals surface area contributed by atoms with Gasteiger partial charge in [-0.25, -0.2) is 4.57 Å². The van der Waals surface area contributed by atoms with Crippen molar-refractivity contribution in [1.82, 2.24) is 0 Å². The molecule has 0 unspecified atom stereocenters. The lowest BCUT2D eigenvalue weighted by Gasteiger charge is -2.01. The fraction of sp³-hybridized carbons (Fsp3) is 0.111. The Morgan fingerprint density at radius 1 is 0.714 bits per heavy atom. The Labute approximate surface area is 124 Å². The number of nitrogens with zero attached hydrogens (tertiary/aromatic N) is 2. The number of benzene rings is 1. The first kappa shape index (κ1) is 13.3. The molecule has 3 nitrogen and oxygen atoms in total. The maximum Gasteiger partial charge on any atom is 0.210 e. The summed E-state index contributed by atoms with van der Waals surface area (Å²) in [5.41, 5.74) is 3.54. The van der Waals surface area contributed by atoms with Crippen molar-refractivity contribution in [2.45, 2.75) is 0 Å². The molecule has 0 aliphatic rings. The molecule has 0 bridgehead atoms. The quantitative estimate of drug-likeness (QED) is 0.673. The topological polar surface area (TPSA) is 17.0 Å². The molecular formula is C18H18N2O+2. The van der Waals surface area contributed by atoms with Crippen LogP contribution in [0.5, 0.6) is 5.75 Å². The van der Waals surface area contributed by atoms with Crippen molar-refractivity contribution in [3.05, 3.63) is 73.3 Å². The average molecular weight is 278 g/mol. The zero-order valence-corrected chi connectivity index (χ0v) is 12.2. The highest BCUT2D eigenvalue weighted by Crippen LogP contribution is 2.16. The molecule has 0 aliphatic heterocycles. The van der Waals surface area contributed by atoms with Crippen molar-refractivity contribution < 1.29 is 13.9 Å². The van der Waals surface area contributed by atoms with Crippen LogP contribution in [0.1, 0.15) is 0 Å². The summed E-state index contributed by atoms with van der Waals surface area (Å²) >= 11 is 0. The fourth-order valence-corrected chi connectivity index (χ4v) is 2.24. The minimum atomic E-state index is 0.869. The highest BCUT2D eigenvalue weighted by molar-refractivity contribution is 5.61. The molecule has 2 heterocycles. The predicted octanol–water partition coefficient (Wildman–Crippen LogP) is 2.46. The third-order valence-electron chi connectivity index (χ3n) is 3.51. The summed E-state index contributed by atoms with van der Waals surface area (Å²) in [5, 5.41) is 0. The van der Waals surface area contributed by atoms with E-state index in [-0.39, 0.29) is 0 Å². The van der Waals surface area contributed by atoms with Crippen LogP contribution in [-0.4, -0.2) is 7.11 Å². The van der Waals surface area contributed by atoms with Gasteiger partial charge in [-0.1, -0.05) is 0 Å². The van der Waals surface area contributed by atoms with Crippen LogP contribution in [-0.2, 0) is 7.05 Å². The summed E-state index contributed by atoms with van der Waals surface area (Å²) in [6.07, 6.45) is 8.26. The van der Waals surface area contributed by atoms with Gasteiger partial charge in [0.2, 0.25) is 5.69 Å². The van der Waals surface area contributed by atoms with Crippen LogP contribution in [0.4, 0.5) is 0 Å². The Hall–Kier alpha value is -2.68. The summed E-state index contributed by atoms with van der Waals surface area (Å²) in [7, 11) is 3.70. The molecule has 0 N–H and O–H groups in total. The lowest BCUT2D eigenvalue weighted by atomic mass is 10.1. The van der Waals surface area contributed by atoms with Crippen LogP contribution < -0.4 is 13.9 Å². The van der Waals surface area contributed by atoms with Crippen LogP contribution >= 0.6 is 0 Å². The van der Waals surface area contributed by atoms with E-state index in [2.05, 4.69) is 53.6 Å². The van der Waals surface area contributed by atoms with Gasteiger partial charge in [0.05, 0.1) is 7.11 Å². The zero-order chi connectivity index (χ0) is 14.7. The van der Waals surface area contributed by atoms with Crippen LogP contribution in [0.25, 0.3) is 16.8 Å². The minimum absolute atomic E-state index is 0.869. The molecule has 0 fully saturated rings. The Bertz CT molecular complexity index is 717. The van der Waals surface area contributed by atoms with Crippen molar-refractivity contribution in [1.29, 1.82) is 0 Å². The van der Waals surface area contributed by atoms with Crippen molar-refractivity contribution in [2.75, 3.05) is 7.11 Å². The van der Waals surface area contributed by atoms with Gasteiger partial charge in [-0.15, -0.1) is 0 Å². The van der Waals surface area contributed by atoms with Crippen molar-refractivity contribution >= 4 is 0 Å². The molecule has 0 spiro atoms. The molecule has 0 atom stereocenters. The van der Waals surface area contributed by atoms with E-state index in [4.69, 9.17) is 4.74 Å². The van der Waals surface area contributed by atoms with E-state index in [0.29, 0.717) is 0 Å². The Morgan fingerprint density at radius 2 is 1.24 bits per heavy atom. The summed E-state index contributed by atoms with van der Waals surface area (Å²) in [5.74, 6) is 0.869. The summed E-state index contributed by atoms with van der Waals surface area (Å²) in [6, 6.07) is 16.5. The third kappa shape index (κ3) is 2.92. The molecule has 0 saturated carbocycles. The first-order valence-corrected chi connectivity index (χ1v) is 6.88. The maximum atomic E-state index is 5.18. The van der Waals surface area contributed by atoms with Crippen molar-refractivity contribution in [3.8, 4) is 22.6 Å². The summed E-state index contributed by atoms with van der Waals surface area (Å²) < 4.78 is 9.30. The third-order valence-corrected chi connectivity index (χ3v) is 3.51. The van der Waals surface area contributed by atoms with E-state index in [1.54, 1.807) is 7.11 Å². The summed E-state index contributed by atoms with van der Waals surface area (Å²) in [6.45, 7) is 0. The second kappa shape index (κ2) is 5.75. The molecule has 0 saturated heterocycles. The molecule has 3 heteroatoms. The Balaban J connectivity index is 1.87. The van der Waals surface area contributed by atoms with Gasteiger partial charge in [0.25, 0.3) is 0 Å². The lowest BCUT2D eigenvalue weighted by molar-refractivity contribution is -0.671. The minimum Gasteiger partial charge on any atom is -0.497 e. The monoisotopic (exact) mass is 278 g/mol. The Morgan fingerprint density at radius 3 is 1.76 bits per heavy atom. The molecular weight excluding hydrogens is 260 g/mol. The van der Waals surface area contributed by atoms with Gasteiger partial charge in [-0.2, -0.15) is 4.57 Å². The molecule has 21 heavy (non-hydrogen) atoms. The van der Waals surface area contributed by atoms with E-state index in [1.807, 2.05) is 35.9 Å². The van der Waals surface area contributed by atoms with Crippen LogP contribution in [0.2, 0.25) is 0 Å². The molecule has 104 valence electrons. The van der Waals surface area contributed by atoms with Crippen LogP contribution in [0.3, 0.4) is 0 Å². The molecule has 1 aromatic carbocycles. The molecule has 0 aliphatic carbocycles. The van der Waals surface area contributed by atoms with E-state index in [0.717, 1.165) is 11.4 Å². The number of methoxy groups -OCH3 is 1. The van der Waals surface area contributed by atoms with Gasteiger partial charge in [-0.3, -0.25) is 0 Å². The van der Waals surface area contributed by atoms with E-state index in [9.17, 15) is 0 Å². The summed E-state index contributed by atoms with van der Waals surface area (Å²) in [4.78, 5) is 0. The first-order chi connectivity index (χ1) is 10.3. The maximum absolute atomic E-state index is 5.18.